The number of carbonyl (C=O) groups is 2. The Morgan fingerprint density at radius 1 is 1.23 bits per heavy atom. The molecule has 0 radical (unpaired) electrons. The molecule has 0 saturated heterocycles. The lowest BCUT2D eigenvalue weighted by Gasteiger charge is -2.25. The van der Waals surface area contributed by atoms with E-state index in [9.17, 15) is 9.59 Å². The first kappa shape index (κ1) is 19.6. The van der Waals surface area contributed by atoms with Crippen LogP contribution in [0.4, 0.5) is 5.13 Å². The summed E-state index contributed by atoms with van der Waals surface area (Å²) < 4.78 is 0. The normalized spacial score (nSPS) is 11.2. The highest BCUT2D eigenvalue weighted by molar-refractivity contribution is 7.15. The average molecular weight is 370 g/mol. The van der Waals surface area contributed by atoms with Gasteiger partial charge < -0.3 is 4.90 Å². The zero-order valence-corrected chi connectivity index (χ0v) is 16.0. The summed E-state index contributed by atoms with van der Waals surface area (Å²) in [4.78, 5) is 26.3. The second-order valence-corrected chi connectivity index (χ2v) is 6.73. The second kappa shape index (κ2) is 9.68. The third-order valence-corrected chi connectivity index (χ3v) is 4.81. The van der Waals surface area contributed by atoms with Gasteiger partial charge in [0.2, 0.25) is 5.13 Å². The van der Waals surface area contributed by atoms with Crippen molar-refractivity contribution in [3.8, 4) is 11.8 Å². The summed E-state index contributed by atoms with van der Waals surface area (Å²) in [6.07, 6.45) is 1.46. The molecule has 2 aromatic rings. The van der Waals surface area contributed by atoms with E-state index in [0.29, 0.717) is 5.13 Å². The van der Waals surface area contributed by atoms with Gasteiger partial charge in [0.15, 0.2) is 0 Å². The Bertz CT molecular complexity index is 808. The van der Waals surface area contributed by atoms with Crippen molar-refractivity contribution in [1.82, 2.24) is 15.1 Å². The Labute approximate surface area is 157 Å². The molecule has 2 amide bonds. The fraction of sp³-hybridized carbons (Fsp3) is 0.368. The van der Waals surface area contributed by atoms with Crippen LogP contribution in [0.1, 0.15) is 37.8 Å². The number of amides is 2. The van der Waals surface area contributed by atoms with Crippen molar-refractivity contribution in [3.05, 3.63) is 40.9 Å². The maximum atomic E-state index is 12.6. The van der Waals surface area contributed by atoms with Crippen LogP contribution >= 0.6 is 11.3 Å². The van der Waals surface area contributed by atoms with E-state index in [1.807, 2.05) is 51.1 Å². The molecule has 0 spiro atoms. The van der Waals surface area contributed by atoms with Gasteiger partial charge in [-0.15, -0.1) is 10.2 Å². The molecule has 1 aromatic heterocycles. The molecule has 26 heavy (non-hydrogen) atoms. The third kappa shape index (κ3) is 5.39. The van der Waals surface area contributed by atoms with Crippen LogP contribution in [-0.2, 0) is 16.0 Å². The van der Waals surface area contributed by atoms with Gasteiger partial charge in [-0.05, 0) is 31.9 Å². The zero-order valence-electron chi connectivity index (χ0n) is 15.2. The van der Waals surface area contributed by atoms with Crippen molar-refractivity contribution >= 4 is 28.3 Å². The summed E-state index contributed by atoms with van der Waals surface area (Å²) in [5.41, 5.74) is 0.870. The Hall–Kier alpha value is -2.72. The van der Waals surface area contributed by atoms with E-state index in [2.05, 4.69) is 27.4 Å². The van der Waals surface area contributed by atoms with E-state index in [1.165, 1.54) is 16.2 Å². The van der Waals surface area contributed by atoms with E-state index in [0.717, 1.165) is 23.4 Å². The lowest BCUT2D eigenvalue weighted by atomic mass is 10.2. The number of nitrogens with one attached hydrogen (secondary N) is 1. The first-order valence-corrected chi connectivity index (χ1v) is 9.35. The Morgan fingerprint density at radius 3 is 2.58 bits per heavy atom. The molecule has 1 N–H and O–H groups in total. The second-order valence-electron chi connectivity index (χ2n) is 5.67. The van der Waals surface area contributed by atoms with Crippen molar-refractivity contribution in [3.63, 3.8) is 0 Å². The summed E-state index contributed by atoms with van der Waals surface area (Å²) in [5, 5.41) is 11.5. The Balaban J connectivity index is 2.06. The van der Waals surface area contributed by atoms with Gasteiger partial charge in [0.05, 0.1) is 6.54 Å². The minimum absolute atomic E-state index is 0.0982. The minimum Gasteiger partial charge on any atom is -0.321 e. The van der Waals surface area contributed by atoms with Crippen molar-refractivity contribution in [2.24, 2.45) is 0 Å². The maximum absolute atomic E-state index is 12.6. The molecule has 0 aliphatic heterocycles. The minimum atomic E-state index is -0.717. The monoisotopic (exact) mass is 370 g/mol. The number of aromatic nitrogens is 2. The summed E-state index contributed by atoms with van der Waals surface area (Å²) in [5.74, 6) is 4.66. The first-order valence-electron chi connectivity index (χ1n) is 8.53. The Morgan fingerprint density at radius 2 is 1.96 bits per heavy atom. The van der Waals surface area contributed by atoms with Crippen molar-refractivity contribution < 1.29 is 9.59 Å². The quantitative estimate of drug-likeness (QED) is 0.649. The van der Waals surface area contributed by atoms with Crippen LogP contribution in [0, 0.1) is 11.8 Å². The Kier molecular flexibility index (Phi) is 7.30. The van der Waals surface area contributed by atoms with Crippen LogP contribution in [0.2, 0.25) is 0 Å². The number of benzene rings is 1. The zero-order chi connectivity index (χ0) is 18.9. The van der Waals surface area contributed by atoms with Crippen LogP contribution < -0.4 is 5.32 Å². The number of carbonyl (C=O) groups excluding carboxylic acids is 2. The largest absolute Gasteiger partial charge is 0.321 e. The topological polar surface area (TPSA) is 75.2 Å². The highest BCUT2D eigenvalue weighted by Gasteiger charge is 2.25. The average Bonchev–Trinajstić information content (AvgIpc) is 3.12. The highest BCUT2D eigenvalue weighted by atomic mass is 32.1. The summed E-state index contributed by atoms with van der Waals surface area (Å²) >= 11 is 1.27. The summed E-state index contributed by atoms with van der Waals surface area (Å²) in [6.45, 7) is 6.00. The van der Waals surface area contributed by atoms with Crippen LogP contribution in [0.3, 0.4) is 0 Å². The van der Waals surface area contributed by atoms with Crippen molar-refractivity contribution in [2.45, 2.75) is 39.7 Å². The predicted octanol–water partition coefficient (Wildman–Crippen LogP) is 2.72. The fourth-order valence-corrected chi connectivity index (χ4v) is 2.80. The number of hydrogen-bond acceptors (Lipinski definition) is 5. The van der Waals surface area contributed by atoms with Crippen LogP contribution in [0.15, 0.2) is 30.3 Å². The summed E-state index contributed by atoms with van der Waals surface area (Å²) in [7, 11) is 0. The number of anilines is 1. The van der Waals surface area contributed by atoms with Gasteiger partial charge in [-0.1, -0.05) is 55.2 Å². The van der Waals surface area contributed by atoms with Gasteiger partial charge in [0.1, 0.15) is 5.01 Å². The smallest absolute Gasteiger partial charge is 0.315 e. The number of rotatable bonds is 5. The van der Waals surface area contributed by atoms with Crippen LogP contribution in [0.5, 0.6) is 0 Å². The number of nitrogens with zero attached hydrogens (tertiary/aromatic N) is 3. The molecule has 2 rings (SSSR count). The molecular formula is C19H22N4O2S. The molecule has 136 valence electrons. The summed E-state index contributed by atoms with van der Waals surface area (Å²) in [6, 6.07) is 9.43. The predicted molar refractivity (Wildman–Crippen MR) is 103 cm³/mol. The molecule has 0 aliphatic rings. The fourth-order valence-electron chi connectivity index (χ4n) is 2.12. The molecule has 1 atom stereocenters. The van der Waals surface area contributed by atoms with Crippen molar-refractivity contribution in [2.75, 3.05) is 11.9 Å². The maximum Gasteiger partial charge on any atom is 0.315 e. The van der Waals surface area contributed by atoms with Gasteiger partial charge in [0, 0.05) is 11.6 Å². The van der Waals surface area contributed by atoms with E-state index in [1.54, 1.807) is 0 Å². The van der Waals surface area contributed by atoms with Gasteiger partial charge in [0.25, 0.3) is 0 Å². The highest BCUT2D eigenvalue weighted by Crippen LogP contribution is 2.15. The lowest BCUT2D eigenvalue weighted by molar-refractivity contribution is -0.144. The van der Waals surface area contributed by atoms with E-state index < -0.39 is 11.8 Å². The van der Waals surface area contributed by atoms with Gasteiger partial charge in [-0.25, -0.2) is 0 Å². The van der Waals surface area contributed by atoms with Gasteiger partial charge >= 0.3 is 11.8 Å². The molecule has 6 nitrogen and oxygen atoms in total. The van der Waals surface area contributed by atoms with E-state index >= 15 is 0 Å². The molecule has 0 fully saturated rings. The standard InChI is InChI=1S/C19H22N4O2S/c1-4-14(3)23(13-9-12-15-10-7-6-8-11-15)18(25)17(24)20-19-22-21-16(5-2)26-19/h6-8,10-11,14H,4-5,13H2,1-3H3,(H,20,22,24). The molecule has 0 saturated carbocycles. The van der Waals surface area contributed by atoms with Crippen LogP contribution in [-0.4, -0.2) is 39.5 Å². The van der Waals surface area contributed by atoms with Crippen LogP contribution in [0.25, 0.3) is 0 Å². The molecule has 7 heteroatoms. The van der Waals surface area contributed by atoms with Gasteiger partial charge in [-0.2, -0.15) is 0 Å². The van der Waals surface area contributed by atoms with Crippen molar-refractivity contribution in [1.29, 1.82) is 0 Å². The third-order valence-electron chi connectivity index (χ3n) is 3.82. The molecule has 0 aliphatic carbocycles. The SMILES string of the molecule is CCc1nnc(NC(=O)C(=O)N(CC#Cc2ccccc2)C(C)CC)s1. The van der Waals surface area contributed by atoms with E-state index in [4.69, 9.17) is 0 Å². The molecule has 0 bridgehead atoms. The number of aryl methyl sites for hydroxylation is 1. The lowest BCUT2D eigenvalue weighted by Crippen LogP contribution is -2.44. The molecule has 1 heterocycles. The van der Waals surface area contributed by atoms with E-state index in [-0.39, 0.29) is 12.6 Å². The first-order chi connectivity index (χ1) is 12.5. The molecular weight excluding hydrogens is 348 g/mol. The molecule has 1 unspecified atom stereocenters. The number of hydrogen-bond donors (Lipinski definition) is 1. The van der Waals surface area contributed by atoms with Gasteiger partial charge in [-0.3, -0.25) is 14.9 Å². The molecule has 1 aromatic carbocycles.